The third kappa shape index (κ3) is 2.76. The summed E-state index contributed by atoms with van der Waals surface area (Å²) >= 11 is 0. The fraction of sp³-hybridized carbons (Fsp3) is 0.222. The zero-order chi connectivity index (χ0) is 10.8. The van der Waals surface area contributed by atoms with Gasteiger partial charge in [0.05, 0.1) is 5.56 Å². The lowest BCUT2D eigenvalue weighted by Crippen LogP contribution is -2.09. The molecule has 0 aliphatic rings. The molecule has 0 aromatic heterocycles. The predicted molar refractivity (Wildman–Crippen MR) is 44.6 cm³/mol. The quantitative estimate of drug-likeness (QED) is 0.744. The van der Waals surface area contributed by atoms with E-state index < -0.39 is 17.6 Å². The van der Waals surface area contributed by atoms with Gasteiger partial charge in [-0.25, -0.2) is 0 Å². The van der Waals surface area contributed by atoms with E-state index in [0.29, 0.717) is 0 Å². The number of halogens is 3. The Balaban J connectivity index is 2.95. The van der Waals surface area contributed by atoms with Gasteiger partial charge >= 0.3 is 6.18 Å². The van der Waals surface area contributed by atoms with Crippen molar-refractivity contribution in [2.24, 2.45) is 0 Å². The molecule has 1 aromatic rings. The molecule has 0 spiro atoms. The molecule has 0 heterocycles. The summed E-state index contributed by atoms with van der Waals surface area (Å²) in [7, 11) is 0. The minimum absolute atomic E-state index is 0.0207. The molecule has 0 unspecified atom stereocenters. The van der Waals surface area contributed by atoms with Gasteiger partial charge in [0, 0.05) is 18.7 Å². The number of carbonyl (C=O) groups is 1. The van der Waals surface area contributed by atoms with Crippen LogP contribution in [-0.2, 0) is 11.0 Å². The molecule has 0 aliphatic heterocycles. The fourth-order valence-corrected chi connectivity index (χ4v) is 0.905. The molecule has 1 radical (unpaired) electrons. The predicted octanol–water partition coefficient (Wildman–Crippen LogP) is 2.46. The summed E-state index contributed by atoms with van der Waals surface area (Å²) in [6.07, 6.45) is -4.40. The van der Waals surface area contributed by atoms with E-state index in [9.17, 15) is 18.0 Å². The highest BCUT2D eigenvalue weighted by Gasteiger charge is 2.30. The summed E-state index contributed by atoms with van der Waals surface area (Å²) < 4.78 is 36.5. The van der Waals surface area contributed by atoms with E-state index in [1.807, 2.05) is 0 Å². The number of hydrogen-bond donors (Lipinski definition) is 1. The second kappa shape index (κ2) is 3.69. The Kier molecular flexibility index (Phi) is 2.78. The molecule has 75 valence electrons. The summed E-state index contributed by atoms with van der Waals surface area (Å²) in [5.74, 6) is -0.430. The number of benzene rings is 1. The van der Waals surface area contributed by atoms with Gasteiger partial charge in [-0.3, -0.25) is 4.79 Å². The van der Waals surface area contributed by atoms with Crippen LogP contribution in [0.3, 0.4) is 0 Å². The number of amides is 1. The Morgan fingerprint density at radius 3 is 2.64 bits per heavy atom. The van der Waals surface area contributed by atoms with Crippen LogP contribution in [-0.4, -0.2) is 5.91 Å². The van der Waals surface area contributed by atoms with E-state index >= 15 is 0 Å². The average Bonchev–Trinajstić information content (AvgIpc) is 2.01. The van der Waals surface area contributed by atoms with Gasteiger partial charge in [0.1, 0.15) is 0 Å². The first-order chi connectivity index (χ1) is 6.39. The summed E-state index contributed by atoms with van der Waals surface area (Å²) in [6, 6.07) is 5.33. The fourth-order valence-electron chi connectivity index (χ4n) is 0.905. The lowest BCUT2D eigenvalue weighted by atomic mass is 10.2. The Morgan fingerprint density at radius 2 is 2.14 bits per heavy atom. The molecule has 0 aliphatic carbocycles. The molecule has 1 N–H and O–H groups in total. The summed E-state index contributed by atoms with van der Waals surface area (Å²) in [6.45, 7) is 1.22. The third-order valence-electron chi connectivity index (χ3n) is 1.44. The molecular formula is C9H7F3NO. The number of rotatable bonds is 1. The van der Waals surface area contributed by atoms with Gasteiger partial charge in [-0.05, 0) is 12.1 Å². The van der Waals surface area contributed by atoms with Crippen LogP contribution in [0.15, 0.2) is 18.2 Å². The lowest BCUT2D eigenvalue weighted by molar-refractivity contribution is -0.137. The number of alkyl halides is 3. The van der Waals surface area contributed by atoms with E-state index in [1.165, 1.54) is 6.92 Å². The van der Waals surface area contributed by atoms with Gasteiger partial charge in [-0.15, -0.1) is 0 Å². The van der Waals surface area contributed by atoms with Crippen molar-refractivity contribution in [2.75, 3.05) is 5.32 Å². The summed E-state index contributed by atoms with van der Waals surface area (Å²) in [4.78, 5) is 10.6. The van der Waals surface area contributed by atoms with Gasteiger partial charge in [0.15, 0.2) is 0 Å². The first kappa shape index (κ1) is 10.6. The van der Waals surface area contributed by atoms with Crippen molar-refractivity contribution in [3.05, 3.63) is 29.8 Å². The highest BCUT2D eigenvalue weighted by atomic mass is 19.4. The normalized spacial score (nSPS) is 11.1. The monoisotopic (exact) mass is 202 g/mol. The Morgan fingerprint density at radius 1 is 1.50 bits per heavy atom. The zero-order valence-electron chi connectivity index (χ0n) is 7.27. The molecule has 1 rings (SSSR count). The minimum atomic E-state index is -4.40. The Hall–Kier alpha value is -1.52. The Bertz CT molecular complexity index is 346. The van der Waals surface area contributed by atoms with Crippen LogP contribution in [0.5, 0.6) is 0 Å². The molecule has 1 aromatic carbocycles. The van der Waals surface area contributed by atoms with Crippen molar-refractivity contribution in [3.8, 4) is 0 Å². The van der Waals surface area contributed by atoms with Crippen LogP contribution >= 0.6 is 0 Å². The molecule has 0 saturated heterocycles. The van der Waals surface area contributed by atoms with Crippen molar-refractivity contribution in [1.29, 1.82) is 0 Å². The van der Waals surface area contributed by atoms with Gasteiger partial charge in [0.25, 0.3) is 0 Å². The van der Waals surface area contributed by atoms with Crippen molar-refractivity contribution >= 4 is 11.6 Å². The highest BCUT2D eigenvalue weighted by molar-refractivity contribution is 5.88. The van der Waals surface area contributed by atoms with Crippen molar-refractivity contribution in [2.45, 2.75) is 13.1 Å². The van der Waals surface area contributed by atoms with Crippen LogP contribution in [0.1, 0.15) is 12.5 Å². The molecule has 5 heteroatoms. The lowest BCUT2D eigenvalue weighted by Gasteiger charge is -2.08. The number of carbonyl (C=O) groups excluding carboxylic acids is 1. The average molecular weight is 202 g/mol. The van der Waals surface area contributed by atoms with Gasteiger partial charge in [0.2, 0.25) is 5.91 Å². The second-order valence-corrected chi connectivity index (χ2v) is 2.67. The molecule has 0 saturated carbocycles. The topological polar surface area (TPSA) is 29.1 Å². The van der Waals surface area contributed by atoms with Crippen molar-refractivity contribution in [3.63, 3.8) is 0 Å². The van der Waals surface area contributed by atoms with E-state index in [-0.39, 0.29) is 5.69 Å². The molecule has 2 nitrogen and oxygen atoms in total. The summed E-state index contributed by atoms with van der Waals surface area (Å²) in [5.41, 5.74) is -0.785. The standard InChI is InChI=1S/C9H7F3NO/c1-6(14)13-8-4-2-3-7(5-8)9(10,11)12/h2-3,5H,1H3,(H,13,14). The number of hydrogen-bond acceptors (Lipinski definition) is 1. The Labute approximate surface area is 78.7 Å². The van der Waals surface area contributed by atoms with E-state index in [0.717, 1.165) is 18.2 Å². The van der Waals surface area contributed by atoms with Crippen LogP contribution in [0.25, 0.3) is 0 Å². The van der Waals surface area contributed by atoms with Crippen LogP contribution < -0.4 is 5.32 Å². The summed E-state index contributed by atoms with van der Waals surface area (Å²) in [5, 5.41) is 2.22. The third-order valence-corrected chi connectivity index (χ3v) is 1.44. The minimum Gasteiger partial charge on any atom is -0.326 e. The van der Waals surface area contributed by atoms with Crippen LogP contribution in [0.2, 0.25) is 0 Å². The molecular weight excluding hydrogens is 195 g/mol. The maximum Gasteiger partial charge on any atom is 0.416 e. The molecule has 0 atom stereocenters. The van der Waals surface area contributed by atoms with E-state index in [4.69, 9.17) is 0 Å². The molecule has 0 fully saturated rings. The van der Waals surface area contributed by atoms with Gasteiger partial charge in [-0.2, -0.15) is 13.2 Å². The first-order valence-electron chi connectivity index (χ1n) is 3.76. The maximum atomic E-state index is 12.2. The first-order valence-corrected chi connectivity index (χ1v) is 3.76. The number of anilines is 1. The highest BCUT2D eigenvalue weighted by Crippen LogP contribution is 2.30. The van der Waals surface area contributed by atoms with E-state index in [2.05, 4.69) is 11.4 Å². The van der Waals surface area contributed by atoms with Gasteiger partial charge < -0.3 is 5.32 Å². The SMILES string of the molecule is CC(=O)Nc1[c]ccc(C(F)(F)F)c1. The maximum absolute atomic E-state index is 12.2. The van der Waals surface area contributed by atoms with Gasteiger partial charge in [-0.1, -0.05) is 6.07 Å². The van der Waals surface area contributed by atoms with Crippen LogP contribution in [0.4, 0.5) is 18.9 Å². The number of nitrogens with one attached hydrogen (secondary N) is 1. The van der Waals surface area contributed by atoms with Crippen molar-refractivity contribution in [1.82, 2.24) is 0 Å². The smallest absolute Gasteiger partial charge is 0.326 e. The van der Waals surface area contributed by atoms with Crippen LogP contribution in [0, 0.1) is 6.07 Å². The second-order valence-electron chi connectivity index (χ2n) is 2.67. The van der Waals surface area contributed by atoms with Crippen molar-refractivity contribution < 1.29 is 18.0 Å². The molecule has 1 amide bonds. The zero-order valence-corrected chi connectivity index (χ0v) is 7.27. The molecule has 0 bridgehead atoms. The van der Waals surface area contributed by atoms with E-state index in [1.54, 1.807) is 0 Å². The largest absolute Gasteiger partial charge is 0.416 e. The molecule has 14 heavy (non-hydrogen) atoms.